The summed E-state index contributed by atoms with van der Waals surface area (Å²) in [7, 11) is 1.62. The van der Waals surface area contributed by atoms with Gasteiger partial charge in [-0.1, -0.05) is 0 Å². The fourth-order valence-electron chi connectivity index (χ4n) is 1.42. The first-order chi connectivity index (χ1) is 7.63. The third-order valence-corrected chi connectivity index (χ3v) is 5.41. The van der Waals surface area contributed by atoms with Gasteiger partial charge in [0.05, 0.1) is 15.8 Å². The van der Waals surface area contributed by atoms with Gasteiger partial charge in [-0.3, -0.25) is 0 Å². The van der Waals surface area contributed by atoms with E-state index in [0.717, 1.165) is 24.9 Å². The summed E-state index contributed by atoms with van der Waals surface area (Å²) in [5.74, 6) is 0.750. The fraction of sp³-hybridized carbons (Fsp3) is 0.273. The maximum Gasteiger partial charge on any atom is 0.135 e. The molecule has 86 valence electrons. The average Bonchev–Trinajstić information content (AvgIpc) is 2.85. The first-order valence-electron chi connectivity index (χ1n) is 4.68. The largest absolute Gasteiger partial charge is 0.495 e. The van der Waals surface area contributed by atoms with Gasteiger partial charge in [0.15, 0.2) is 0 Å². The van der Waals surface area contributed by atoms with E-state index in [2.05, 4.69) is 15.9 Å². The molecule has 5 heteroatoms. The van der Waals surface area contributed by atoms with E-state index in [0.29, 0.717) is 0 Å². The molecule has 0 spiro atoms. The molecule has 0 fully saturated rings. The highest BCUT2D eigenvalue weighted by atomic mass is 79.9. The molecular formula is C11H11BrO2S2. The van der Waals surface area contributed by atoms with E-state index in [1.54, 1.807) is 18.4 Å². The van der Waals surface area contributed by atoms with E-state index in [1.807, 2.05) is 24.4 Å². The molecule has 0 bridgehead atoms. The number of methoxy groups -OCH3 is 1. The number of aryl methyl sites for hydroxylation is 1. The molecule has 1 atom stereocenters. The van der Waals surface area contributed by atoms with Gasteiger partial charge >= 0.3 is 0 Å². The van der Waals surface area contributed by atoms with Crippen LogP contribution >= 0.6 is 38.6 Å². The Morgan fingerprint density at radius 2 is 2.25 bits per heavy atom. The number of aliphatic hydroxyl groups is 1. The highest BCUT2D eigenvalue weighted by Gasteiger charge is 2.19. The molecule has 2 rings (SSSR count). The van der Waals surface area contributed by atoms with Crippen molar-refractivity contribution in [2.45, 2.75) is 13.0 Å². The molecule has 0 aliphatic heterocycles. The van der Waals surface area contributed by atoms with Gasteiger partial charge in [0.1, 0.15) is 11.9 Å². The van der Waals surface area contributed by atoms with E-state index in [4.69, 9.17) is 4.74 Å². The number of thiophene rings is 2. The smallest absolute Gasteiger partial charge is 0.135 e. The normalized spacial score (nSPS) is 12.8. The maximum absolute atomic E-state index is 10.3. The zero-order valence-electron chi connectivity index (χ0n) is 8.86. The first-order valence-corrected chi connectivity index (χ1v) is 7.17. The van der Waals surface area contributed by atoms with Gasteiger partial charge in [0.2, 0.25) is 0 Å². The minimum Gasteiger partial charge on any atom is -0.495 e. The standard InChI is InChI=1S/C11H11BrO2S2/c1-6-5-8(16-11(6)12)9(13)10-7(14-2)3-4-15-10/h3-5,9,13H,1-2H3. The quantitative estimate of drug-likeness (QED) is 0.927. The Labute approximate surface area is 111 Å². The predicted octanol–water partition coefficient (Wildman–Crippen LogP) is 3.97. The van der Waals surface area contributed by atoms with Gasteiger partial charge in [-0.15, -0.1) is 22.7 Å². The van der Waals surface area contributed by atoms with Gasteiger partial charge in [-0.05, 0) is 45.9 Å². The summed E-state index contributed by atoms with van der Waals surface area (Å²) in [5.41, 5.74) is 1.15. The number of aliphatic hydroxyl groups excluding tert-OH is 1. The van der Waals surface area contributed by atoms with E-state index in [9.17, 15) is 5.11 Å². The molecule has 0 saturated heterocycles. The Kier molecular flexibility index (Phi) is 3.69. The van der Waals surface area contributed by atoms with E-state index in [1.165, 1.54) is 11.3 Å². The van der Waals surface area contributed by atoms with Crippen molar-refractivity contribution >= 4 is 38.6 Å². The number of rotatable bonds is 3. The van der Waals surface area contributed by atoms with Gasteiger partial charge in [-0.2, -0.15) is 0 Å². The average molecular weight is 319 g/mol. The summed E-state index contributed by atoms with van der Waals surface area (Å²) in [4.78, 5) is 1.79. The van der Waals surface area contributed by atoms with Crippen LogP contribution in [0.3, 0.4) is 0 Å². The lowest BCUT2D eigenvalue weighted by Crippen LogP contribution is -1.96. The molecule has 1 unspecified atom stereocenters. The lowest BCUT2D eigenvalue weighted by Gasteiger charge is -2.08. The SMILES string of the molecule is COc1ccsc1C(O)c1cc(C)c(Br)s1. The summed E-state index contributed by atoms with van der Waals surface area (Å²) in [6.07, 6.45) is -0.593. The molecule has 2 aromatic heterocycles. The molecule has 0 aliphatic rings. The fourth-order valence-corrected chi connectivity index (χ4v) is 3.93. The number of halogens is 1. The molecule has 2 nitrogen and oxygen atoms in total. The molecular weight excluding hydrogens is 308 g/mol. The Morgan fingerprint density at radius 3 is 2.81 bits per heavy atom. The number of ether oxygens (including phenoxy) is 1. The second kappa shape index (κ2) is 4.87. The second-order valence-corrected chi connectivity index (χ2v) is 6.71. The van der Waals surface area contributed by atoms with Gasteiger partial charge in [0, 0.05) is 4.88 Å². The lowest BCUT2D eigenvalue weighted by atomic mass is 10.2. The molecule has 0 amide bonds. The second-order valence-electron chi connectivity index (χ2n) is 3.36. The van der Waals surface area contributed by atoms with E-state index >= 15 is 0 Å². The van der Waals surface area contributed by atoms with Crippen LogP contribution in [0.25, 0.3) is 0 Å². The van der Waals surface area contributed by atoms with Gasteiger partial charge in [-0.25, -0.2) is 0 Å². The molecule has 1 N–H and O–H groups in total. The van der Waals surface area contributed by atoms with Crippen molar-refractivity contribution in [3.8, 4) is 5.75 Å². The van der Waals surface area contributed by atoms with Crippen LogP contribution in [0.15, 0.2) is 21.3 Å². The molecule has 0 aromatic carbocycles. The maximum atomic E-state index is 10.3. The van der Waals surface area contributed by atoms with Crippen LogP contribution in [-0.2, 0) is 0 Å². The van der Waals surface area contributed by atoms with Crippen molar-refractivity contribution in [1.29, 1.82) is 0 Å². The van der Waals surface area contributed by atoms with Crippen LogP contribution in [0.5, 0.6) is 5.75 Å². The van der Waals surface area contributed by atoms with Crippen molar-refractivity contribution in [3.05, 3.63) is 36.6 Å². The molecule has 2 aromatic rings. The molecule has 16 heavy (non-hydrogen) atoms. The van der Waals surface area contributed by atoms with Crippen LogP contribution in [0.4, 0.5) is 0 Å². The highest BCUT2D eigenvalue weighted by Crippen LogP contribution is 2.39. The van der Waals surface area contributed by atoms with Crippen molar-refractivity contribution in [3.63, 3.8) is 0 Å². The highest BCUT2D eigenvalue weighted by molar-refractivity contribution is 9.11. The lowest BCUT2D eigenvalue weighted by molar-refractivity contribution is 0.223. The number of hydrogen-bond donors (Lipinski definition) is 1. The van der Waals surface area contributed by atoms with Crippen molar-refractivity contribution in [2.24, 2.45) is 0 Å². The summed E-state index contributed by atoms with van der Waals surface area (Å²) >= 11 is 6.53. The minimum absolute atomic E-state index is 0.593. The zero-order chi connectivity index (χ0) is 11.7. The summed E-state index contributed by atoms with van der Waals surface area (Å²) in [5, 5.41) is 12.2. The topological polar surface area (TPSA) is 29.5 Å². The van der Waals surface area contributed by atoms with E-state index in [-0.39, 0.29) is 0 Å². The molecule has 2 heterocycles. The van der Waals surface area contributed by atoms with Crippen LogP contribution < -0.4 is 4.74 Å². The van der Waals surface area contributed by atoms with Crippen LogP contribution in [0, 0.1) is 6.92 Å². The van der Waals surface area contributed by atoms with Crippen molar-refractivity contribution < 1.29 is 9.84 Å². The summed E-state index contributed by atoms with van der Waals surface area (Å²) < 4.78 is 6.28. The monoisotopic (exact) mass is 318 g/mol. The number of hydrogen-bond acceptors (Lipinski definition) is 4. The summed E-state index contributed by atoms with van der Waals surface area (Å²) in [6.45, 7) is 2.02. The molecule has 0 saturated carbocycles. The van der Waals surface area contributed by atoms with Gasteiger partial charge < -0.3 is 9.84 Å². The Hall–Kier alpha value is -0.360. The Morgan fingerprint density at radius 1 is 1.50 bits per heavy atom. The van der Waals surface area contributed by atoms with Crippen LogP contribution in [0.1, 0.15) is 21.4 Å². The van der Waals surface area contributed by atoms with Crippen LogP contribution in [-0.4, -0.2) is 12.2 Å². The molecule has 0 aliphatic carbocycles. The Balaban J connectivity index is 2.35. The predicted molar refractivity (Wildman–Crippen MR) is 71.7 cm³/mol. The third kappa shape index (κ3) is 2.18. The summed E-state index contributed by atoms with van der Waals surface area (Å²) in [6, 6.07) is 3.87. The zero-order valence-corrected chi connectivity index (χ0v) is 12.1. The first kappa shape index (κ1) is 12.1. The minimum atomic E-state index is -0.593. The van der Waals surface area contributed by atoms with Crippen molar-refractivity contribution in [2.75, 3.05) is 7.11 Å². The Bertz CT molecular complexity index is 470. The van der Waals surface area contributed by atoms with E-state index < -0.39 is 6.10 Å². The third-order valence-electron chi connectivity index (χ3n) is 2.27. The van der Waals surface area contributed by atoms with Crippen molar-refractivity contribution in [1.82, 2.24) is 0 Å². The van der Waals surface area contributed by atoms with Crippen LogP contribution in [0.2, 0.25) is 0 Å². The molecule has 0 radical (unpaired) electrons. The van der Waals surface area contributed by atoms with Gasteiger partial charge in [0.25, 0.3) is 0 Å².